The van der Waals surface area contributed by atoms with Crippen molar-refractivity contribution in [3.05, 3.63) is 18.0 Å². The summed E-state index contributed by atoms with van der Waals surface area (Å²) < 4.78 is 38.8. The summed E-state index contributed by atoms with van der Waals surface area (Å²) in [7, 11) is 1.91. The second-order valence-corrected chi connectivity index (χ2v) is 5.87. The van der Waals surface area contributed by atoms with Gasteiger partial charge in [-0.05, 0) is 31.7 Å². The quantitative estimate of drug-likeness (QED) is 0.597. The van der Waals surface area contributed by atoms with Crippen LogP contribution in [0.3, 0.4) is 0 Å². The monoisotopic (exact) mass is 365 g/mol. The second-order valence-electron chi connectivity index (χ2n) is 5.87. The molecule has 1 aliphatic rings. The molecule has 9 heteroatoms. The van der Waals surface area contributed by atoms with Crippen LogP contribution in [0.4, 0.5) is 13.2 Å². The molecule has 1 saturated heterocycles. The molecule has 0 aliphatic carbocycles. The Kier molecular flexibility index (Phi) is 10.5. The van der Waals surface area contributed by atoms with Gasteiger partial charge in [0.25, 0.3) is 0 Å². The Bertz CT molecular complexity index is 502. The zero-order valence-corrected chi connectivity index (χ0v) is 15.0. The fourth-order valence-electron chi connectivity index (χ4n) is 2.04. The average Bonchev–Trinajstić information content (AvgIpc) is 2.89. The normalized spacial score (nSPS) is 16.8. The lowest BCUT2D eigenvalue weighted by Crippen LogP contribution is -2.32. The number of ether oxygens (including phenoxy) is 1. The number of likely N-dealkylation sites (tertiary alicyclic amines) is 1. The summed E-state index contributed by atoms with van der Waals surface area (Å²) >= 11 is 0. The Hall–Kier alpha value is -2.06. The summed E-state index contributed by atoms with van der Waals surface area (Å²) in [6, 6.07) is 1.97. The molecular weight excluding hydrogens is 339 g/mol. The molecule has 25 heavy (non-hydrogen) atoms. The molecule has 1 unspecified atom stereocenters. The lowest BCUT2D eigenvalue weighted by molar-refractivity contribution is -0.184. The third kappa shape index (κ3) is 14.0. The van der Waals surface area contributed by atoms with Crippen LogP contribution in [0.5, 0.6) is 0 Å². The highest BCUT2D eigenvalue weighted by atomic mass is 19.4. The van der Waals surface area contributed by atoms with Crippen LogP contribution in [0.2, 0.25) is 0 Å². The predicted octanol–water partition coefficient (Wildman–Crippen LogP) is 2.72. The number of esters is 1. The number of halogens is 3. The van der Waals surface area contributed by atoms with Gasteiger partial charge < -0.3 is 9.64 Å². The number of carbonyl (C=O) groups excluding carboxylic acids is 2. The van der Waals surface area contributed by atoms with E-state index < -0.39 is 18.8 Å². The molecule has 1 aliphatic heterocycles. The van der Waals surface area contributed by atoms with Crippen LogP contribution in [-0.2, 0) is 21.4 Å². The van der Waals surface area contributed by atoms with Gasteiger partial charge in [-0.2, -0.15) is 18.3 Å². The molecule has 0 spiro atoms. The standard InChI is InChI=1S/C7H13NO.C5H8N2.C4H5F3O2/c1-7-3-2-4-8(5-7)6-9;1-5-3-4-7(2)6-5;1-3(8)9-2-4(5,6)7/h6-7H,2-5H2,1H3;3-4H,1-2H3;2H2,1H3. The van der Waals surface area contributed by atoms with Gasteiger partial charge in [0.05, 0.1) is 5.69 Å². The molecule has 1 aromatic rings. The van der Waals surface area contributed by atoms with E-state index in [0.29, 0.717) is 5.92 Å². The predicted molar refractivity (Wildman–Crippen MR) is 86.7 cm³/mol. The largest absolute Gasteiger partial charge is 0.456 e. The van der Waals surface area contributed by atoms with E-state index in [-0.39, 0.29) is 0 Å². The van der Waals surface area contributed by atoms with Gasteiger partial charge in [-0.15, -0.1) is 0 Å². The highest BCUT2D eigenvalue weighted by molar-refractivity contribution is 5.65. The molecule has 1 fully saturated rings. The summed E-state index contributed by atoms with van der Waals surface area (Å²) in [6.07, 6.45) is 0.931. The fourth-order valence-corrected chi connectivity index (χ4v) is 2.04. The summed E-state index contributed by atoms with van der Waals surface area (Å²) in [5, 5.41) is 4.03. The third-order valence-corrected chi connectivity index (χ3v) is 3.12. The van der Waals surface area contributed by atoms with Gasteiger partial charge >= 0.3 is 12.1 Å². The molecular formula is C16H26F3N3O3. The number of nitrogens with zero attached hydrogens (tertiary/aromatic N) is 3. The fraction of sp³-hybridized carbons (Fsp3) is 0.688. The highest BCUT2D eigenvalue weighted by Crippen LogP contribution is 2.14. The Morgan fingerprint density at radius 3 is 2.36 bits per heavy atom. The number of aryl methyl sites for hydroxylation is 2. The average molecular weight is 365 g/mol. The highest BCUT2D eigenvalue weighted by Gasteiger charge is 2.28. The molecule has 1 aromatic heterocycles. The van der Waals surface area contributed by atoms with E-state index in [4.69, 9.17) is 0 Å². The van der Waals surface area contributed by atoms with E-state index >= 15 is 0 Å². The van der Waals surface area contributed by atoms with Crippen molar-refractivity contribution in [2.75, 3.05) is 19.7 Å². The molecule has 0 bridgehead atoms. The lowest BCUT2D eigenvalue weighted by atomic mass is 10.0. The van der Waals surface area contributed by atoms with E-state index in [0.717, 1.165) is 32.1 Å². The van der Waals surface area contributed by atoms with Crippen molar-refractivity contribution < 1.29 is 27.5 Å². The van der Waals surface area contributed by atoms with Crippen LogP contribution >= 0.6 is 0 Å². The lowest BCUT2D eigenvalue weighted by Gasteiger charge is -2.27. The summed E-state index contributed by atoms with van der Waals surface area (Å²) in [5.74, 6) is -0.212. The van der Waals surface area contributed by atoms with E-state index in [9.17, 15) is 22.8 Å². The van der Waals surface area contributed by atoms with Crippen molar-refractivity contribution in [2.45, 2.75) is 39.8 Å². The smallest absolute Gasteiger partial charge is 0.422 e. The van der Waals surface area contributed by atoms with Crippen molar-refractivity contribution >= 4 is 12.4 Å². The van der Waals surface area contributed by atoms with Crippen LogP contribution in [0.1, 0.15) is 32.4 Å². The second kappa shape index (κ2) is 11.5. The number of amides is 1. The first-order valence-corrected chi connectivity index (χ1v) is 7.89. The van der Waals surface area contributed by atoms with E-state index in [2.05, 4.69) is 16.8 Å². The van der Waals surface area contributed by atoms with Gasteiger partial charge in [-0.1, -0.05) is 6.92 Å². The van der Waals surface area contributed by atoms with Crippen molar-refractivity contribution in [1.29, 1.82) is 0 Å². The van der Waals surface area contributed by atoms with Crippen LogP contribution in [-0.4, -0.2) is 52.9 Å². The summed E-state index contributed by atoms with van der Waals surface area (Å²) in [6.45, 7) is 5.51. The van der Waals surface area contributed by atoms with Gasteiger partial charge in [0.15, 0.2) is 6.61 Å². The summed E-state index contributed by atoms with van der Waals surface area (Å²) in [5.41, 5.74) is 1.07. The van der Waals surface area contributed by atoms with Crippen molar-refractivity contribution in [1.82, 2.24) is 14.7 Å². The van der Waals surface area contributed by atoms with E-state index in [1.54, 1.807) is 4.68 Å². The summed E-state index contributed by atoms with van der Waals surface area (Å²) in [4.78, 5) is 21.9. The van der Waals surface area contributed by atoms with Crippen LogP contribution < -0.4 is 0 Å². The van der Waals surface area contributed by atoms with E-state index in [1.165, 1.54) is 12.8 Å². The number of aromatic nitrogens is 2. The Morgan fingerprint density at radius 1 is 1.48 bits per heavy atom. The van der Waals surface area contributed by atoms with Gasteiger partial charge in [-0.3, -0.25) is 14.3 Å². The molecule has 0 saturated carbocycles. The topological polar surface area (TPSA) is 64.4 Å². The van der Waals surface area contributed by atoms with Gasteiger partial charge in [0, 0.05) is 33.3 Å². The minimum Gasteiger partial charge on any atom is -0.456 e. The number of hydrogen-bond acceptors (Lipinski definition) is 4. The molecule has 2 rings (SSSR count). The van der Waals surface area contributed by atoms with Gasteiger partial charge in [0.2, 0.25) is 6.41 Å². The molecule has 144 valence electrons. The number of piperidine rings is 1. The van der Waals surface area contributed by atoms with Crippen molar-refractivity contribution in [2.24, 2.45) is 13.0 Å². The SMILES string of the molecule is CC(=O)OCC(F)(F)F.CC1CCCN(C=O)C1.Cc1ccn(C)n1. The zero-order valence-electron chi connectivity index (χ0n) is 15.0. The van der Waals surface area contributed by atoms with Gasteiger partial charge in [-0.25, -0.2) is 0 Å². The maximum Gasteiger partial charge on any atom is 0.422 e. The van der Waals surface area contributed by atoms with E-state index in [1.807, 2.05) is 31.1 Å². The molecule has 1 amide bonds. The number of rotatable bonds is 2. The van der Waals surface area contributed by atoms with Crippen molar-refractivity contribution in [3.63, 3.8) is 0 Å². The first-order chi connectivity index (χ1) is 11.5. The first-order valence-electron chi connectivity index (χ1n) is 7.89. The number of alkyl halides is 3. The van der Waals surface area contributed by atoms with Crippen LogP contribution in [0, 0.1) is 12.8 Å². The molecule has 0 aromatic carbocycles. The number of carbonyl (C=O) groups is 2. The van der Waals surface area contributed by atoms with Gasteiger partial charge in [0.1, 0.15) is 0 Å². The zero-order chi connectivity index (χ0) is 19.5. The third-order valence-electron chi connectivity index (χ3n) is 3.12. The Labute approximate surface area is 145 Å². The minimum atomic E-state index is -4.41. The number of hydrogen-bond donors (Lipinski definition) is 0. The molecule has 0 N–H and O–H groups in total. The maximum absolute atomic E-state index is 11.1. The maximum atomic E-state index is 11.1. The molecule has 0 radical (unpaired) electrons. The molecule has 2 heterocycles. The molecule has 1 atom stereocenters. The minimum absolute atomic E-state index is 0.712. The van der Waals surface area contributed by atoms with Crippen LogP contribution in [0.25, 0.3) is 0 Å². The van der Waals surface area contributed by atoms with Crippen molar-refractivity contribution in [3.8, 4) is 0 Å². The first kappa shape index (κ1) is 22.9. The molecule has 6 nitrogen and oxygen atoms in total. The Balaban J connectivity index is 0.000000348. The van der Waals surface area contributed by atoms with Crippen LogP contribution in [0.15, 0.2) is 12.3 Å². The Morgan fingerprint density at radius 2 is 2.12 bits per heavy atom.